The molecule has 3 nitrogen and oxygen atoms in total. The zero-order chi connectivity index (χ0) is 32.2. The van der Waals surface area contributed by atoms with E-state index in [1.54, 1.807) is 0 Å². The molecule has 0 atom stereocenters. The molecule has 0 unspecified atom stereocenters. The van der Waals surface area contributed by atoms with Gasteiger partial charge in [0, 0.05) is 38.0 Å². The van der Waals surface area contributed by atoms with Crippen LogP contribution >= 0.6 is 0 Å². The summed E-state index contributed by atoms with van der Waals surface area (Å²) in [7, 11) is 0. The van der Waals surface area contributed by atoms with Gasteiger partial charge in [-0.25, -0.2) is 0 Å². The quantitative estimate of drug-likeness (QED) is 0.182. The van der Waals surface area contributed by atoms with E-state index in [9.17, 15) is 0 Å². The molecule has 0 aliphatic heterocycles. The zero-order valence-electron chi connectivity index (χ0n) is 26.8. The zero-order valence-corrected chi connectivity index (χ0v) is 26.8. The minimum absolute atomic E-state index is 0.914. The third-order valence-electron chi connectivity index (χ3n) is 10.6. The molecular weight excluding hydrogens is 599 g/mol. The fraction of sp³-hybridized carbons (Fsp3) is 0.0435. The number of nitrogens with zero attached hydrogens (tertiary/aromatic N) is 1. The predicted molar refractivity (Wildman–Crippen MR) is 204 cm³/mol. The summed E-state index contributed by atoms with van der Waals surface area (Å²) in [5, 5.41) is 9.65. The topological polar surface area (TPSA) is 31.2 Å². The van der Waals surface area contributed by atoms with Gasteiger partial charge in [-0.15, -0.1) is 0 Å². The van der Waals surface area contributed by atoms with Crippen LogP contribution in [0.2, 0.25) is 0 Å². The van der Waals surface area contributed by atoms with Crippen LogP contribution in [0.15, 0.2) is 154 Å². The first-order valence-electron chi connectivity index (χ1n) is 17.0. The summed E-state index contributed by atoms with van der Waals surface area (Å²) < 4.78 is 14.8. The normalized spacial score (nSPS) is 12.3. The van der Waals surface area contributed by atoms with E-state index in [0.29, 0.717) is 0 Å². The molecule has 0 aliphatic rings. The largest absolute Gasteiger partial charge is 0.456 e. The fourth-order valence-corrected chi connectivity index (χ4v) is 8.21. The van der Waals surface area contributed by atoms with Gasteiger partial charge >= 0.3 is 0 Å². The molecule has 0 radical (unpaired) electrons. The van der Waals surface area contributed by atoms with E-state index < -0.39 is 0 Å². The first-order valence-corrected chi connectivity index (χ1v) is 17.0. The monoisotopic (exact) mass is 627 g/mol. The Morgan fingerprint density at radius 1 is 0.429 bits per heavy atom. The Hall–Kier alpha value is -6.32. The Morgan fingerprint density at radius 2 is 0.918 bits per heavy atom. The lowest BCUT2D eigenvalue weighted by Crippen LogP contribution is -1.94. The van der Waals surface area contributed by atoms with Crippen molar-refractivity contribution < 1.29 is 8.83 Å². The Labute approximate surface area is 281 Å². The highest BCUT2D eigenvalue weighted by molar-refractivity contribution is 6.29. The summed E-state index contributed by atoms with van der Waals surface area (Å²) in [6, 6.07) is 52.7. The van der Waals surface area contributed by atoms with Crippen molar-refractivity contribution in [3.8, 4) is 27.9 Å². The molecule has 0 bridgehead atoms. The van der Waals surface area contributed by atoms with E-state index in [-0.39, 0.29) is 0 Å². The molecular formula is C46H29NO2. The van der Waals surface area contributed by atoms with Gasteiger partial charge in [0.1, 0.15) is 22.3 Å². The number of para-hydroxylation sites is 2. The van der Waals surface area contributed by atoms with Crippen molar-refractivity contribution in [1.29, 1.82) is 0 Å². The summed E-state index contributed by atoms with van der Waals surface area (Å²) in [6.45, 7) is 2.21. The number of hydrogen-bond donors (Lipinski definition) is 0. The average molecular weight is 628 g/mol. The van der Waals surface area contributed by atoms with E-state index in [2.05, 4.69) is 133 Å². The maximum Gasteiger partial charge on any atom is 0.135 e. The Morgan fingerprint density at radius 3 is 1.43 bits per heavy atom. The number of benzene rings is 8. The summed E-state index contributed by atoms with van der Waals surface area (Å²) in [5.41, 5.74) is 13.4. The van der Waals surface area contributed by atoms with Gasteiger partial charge in [0.2, 0.25) is 0 Å². The van der Waals surface area contributed by atoms with Gasteiger partial charge in [-0.05, 0) is 106 Å². The van der Waals surface area contributed by atoms with Crippen molar-refractivity contribution in [2.24, 2.45) is 0 Å². The van der Waals surface area contributed by atoms with Gasteiger partial charge < -0.3 is 13.4 Å². The number of hydrogen-bond acceptors (Lipinski definition) is 2. The van der Waals surface area contributed by atoms with Crippen molar-refractivity contribution in [2.75, 3.05) is 0 Å². The van der Waals surface area contributed by atoms with Crippen LogP contribution in [0.5, 0.6) is 0 Å². The summed E-state index contributed by atoms with van der Waals surface area (Å²) in [5.74, 6) is 0. The summed E-state index contributed by atoms with van der Waals surface area (Å²) in [6.07, 6.45) is 1.02. The first kappa shape index (κ1) is 26.7. The molecule has 11 aromatic rings. The van der Waals surface area contributed by atoms with Crippen molar-refractivity contribution in [3.63, 3.8) is 0 Å². The molecule has 11 rings (SSSR count). The van der Waals surface area contributed by atoms with Crippen LogP contribution in [0, 0.1) is 0 Å². The maximum atomic E-state index is 6.18. The van der Waals surface area contributed by atoms with E-state index in [0.717, 1.165) is 50.3 Å². The fourth-order valence-electron chi connectivity index (χ4n) is 8.21. The van der Waals surface area contributed by atoms with Gasteiger partial charge in [-0.2, -0.15) is 0 Å². The lowest BCUT2D eigenvalue weighted by atomic mass is 9.91. The Balaban J connectivity index is 1.20. The second-order valence-corrected chi connectivity index (χ2v) is 13.1. The lowest BCUT2D eigenvalue weighted by Gasteiger charge is -2.11. The summed E-state index contributed by atoms with van der Waals surface area (Å²) in [4.78, 5) is 0. The molecule has 8 aromatic carbocycles. The van der Waals surface area contributed by atoms with Gasteiger partial charge in [0.05, 0.1) is 11.0 Å². The Bertz CT molecular complexity index is 2890. The van der Waals surface area contributed by atoms with Crippen molar-refractivity contribution >= 4 is 76.5 Å². The SMILES string of the molecule is CCc1ccc(-n2c3ccc(-c4ccc5oc6ccccc6c5c4)c4ccc5c(-c6ccc7oc8ccccc8c7c6)ccc2c5c43)cc1. The molecule has 0 fully saturated rings. The highest BCUT2D eigenvalue weighted by Gasteiger charge is 2.22. The van der Waals surface area contributed by atoms with Crippen LogP contribution in [0.3, 0.4) is 0 Å². The average Bonchev–Trinajstić information content (AvgIpc) is 3.83. The minimum atomic E-state index is 0.914. The van der Waals surface area contributed by atoms with Crippen LogP contribution in [0.4, 0.5) is 0 Å². The molecule has 3 aromatic heterocycles. The molecule has 230 valence electrons. The van der Waals surface area contributed by atoms with Crippen molar-refractivity contribution in [1.82, 2.24) is 4.57 Å². The highest BCUT2D eigenvalue weighted by atomic mass is 16.3. The smallest absolute Gasteiger partial charge is 0.135 e. The molecule has 0 saturated carbocycles. The van der Waals surface area contributed by atoms with Crippen LogP contribution < -0.4 is 0 Å². The van der Waals surface area contributed by atoms with Crippen molar-refractivity contribution in [3.05, 3.63) is 151 Å². The third kappa shape index (κ3) is 3.73. The number of furan rings is 2. The van der Waals surface area contributed by atoms with Crippen LogP contribution in [0.25, 0.3) is 104 Å². The second-order valence-electron chi connectivity index (χ2n) is 13.1. The molecule has 0 amide bonds. The van der Waals surface area contributed by atoms with E-state index in [4.69, 9.17) is 8.83 Å². The standard InChI is InChI=1S/C46H29NO2/c1-2-27-11-15-30(16-12-27)47-39-21-19-31(28-13-23-43-37(25-28)33-7-3-5-9-41(33)48-43)35-17-18-36-32(20-22-40(47)46(36)45(35)39)29-14-24-44-38(26-29)34-8-4-6-10-42(34)49-44/h3-26H,2H2,1H3. The number of aryl methyl sites for hydroxylation is 1. The van der Waals surface area contributed by atoms with Gasteiger partial charge in [0.25, 0.3) is 0 Å². The van der Waals surface area contributed by atoms with Gasteiger partial charge in [0.15, 0.2) is 0 Å². The Kier molecular flexibility index (Phi) is 5.37. The van der Waals surface area contributed by atoms with E-state index in [1.807, 2.05) is 24.3 Å². The number of rotatable bonds is 4. The van der Waals surface area contributed by atoms with Gasteiger partial charge in [-0.1, -0.05) is 91.9 Å². The van der Waals surface area contributed by atoms with E-state index in [1.165, 1.54) is 66.1 Å². The third-order valence-corrected chi connectivity index (χ3v) is 10.6. The molecule has 0 N–H and O–H groups in total. The number of fused-ring (bicyclic) bond motifs is 6. The molecule has 0 saturated heterocycles. The molecule has 0 spiro atoms. The lowest BCUT2D eigenvalue weighted by molar-refractivity contribution is 0.668. The van der Waals surface area contributed by atoms with Crippen LogP contribution in [-0.4, -0.2) is 4.57 Å². The maximum absolute atomic E-state index is 6.18. The van der Waals surface area contributed by atoms with Crippen LogP contribution in [-0.2, 0) is 6.42 Å². The predicted octanol–water partition coefficient (Wildman–Crippen LogP) is 13.1. The summed E-state index contributed by atoms with van der Waals surface area (Å²) >= 11 is 0. The highest BCUT2D eigenvalue weighted by Crippen LogP contribution is 2.46. The van der Waals surface area contributed by atoms with Crippen LogP contribution in [0.1, 0.15) is 12.5 Å². The second kappa shape index (κ2) is 9.85. The molecule has 49 heavy (non-hydrogen) atoms. The minimum Gasteiger partial charge on any atom is -0.456 e. The molecule has 0 aliphatic carbocycles. The van der Waals surface area contributed by atoms with Gasteiger partial charge in [-0.3, -0.25) is 0 Å². The van der Waals surface area contributed by atoms with E-state index >= 15 is 0 Å². The van der Waals surface area contributed by atoms with Crippen molar-refractivity contribution in [2.45, 2.75) is 13.3 Å². The number of aromatic nitrogens is 1. The molecule has 3 heteroatoms. The first-order chi connectivity index (χ1) is 24.2. The molecule has 3 heterocycles.